The van der Waals surface area contributed by atoms with Crippen LogP contribution in [0.15, 0.2) is 40.3 Å². The molecule has 18 heavy (non-hydrogen) atoms. The van der Waals surface area contributed by atoms with Gasteiger partial charge in [0, 0.05) is 6.42 Å². The van der Waals surface area contributed by atoms with Gasteiger partial charge in [0.05, 0.1) is 0 Å². The van der Waals surface area contributed by atoms with Gasteiger partial charge in [-0.05, 0) is 36.8 Å². The largest absolute Gasteiger partial charge is 0.441 e. The SMILES string of the molecule is CC1=CC[C@H](Cc2nc3ccccc3o2)C1(C)C. The molecule has 0 spiro atoms. The minimum atomic E-state index is 0.265. The summed E-state index contributed by atoms with van der Waals surface area (Å²) in [4.78, 5) is 4.58. The Morgan fingerprint density at radius 1 is 1.33 bits per heavy atom. The molecule has 1 heterocycles. The number of benzene rings is 1. The van der Waals surface area contributed by atoms with Crippen molar-refractivity contribution in [2.45, 2.75) is 33.6 Å². The van der Waals surface area contributed by atoms with Gasteiger partial charge in [-0.25, -0.2) is 4.98 Å². The van der Waals surface area contributed by atoms with Crippen LogP contribution in [-0.2, 0) is 6.42 Å². The fourth-order valence-corrected chi connectivity index (χ4v) is 2.76. The third-order valence-corrected chi connectivity index (χ3v) is 4.50. The molecule has 0 N–H and O–H groups in total. The molecule has 3 rings (SSSR count). The van der Waals surface area contributed by atoms with Crippen LogP contribution < -0.4 is 0 Å². The molecule has 0 amide bonds. The van der Waals surface area contributed by atoms with Crippen molar-refractivity contribution < 1.29 is 4.42 Å². The highest BCUT2D eigenvalue weighted by atomic mass is 16.3. The van der Waals surface area contributed by atoms with E-state index in [1.54, 1.807) is 0 Å². The van der Waals surface area contributed by atoms with Crippen molar-refractivity contribution in [2.75, 3.05) is 0 Å². The molecular formula is C16H19NO. The van der Waals surface area contributed by atoms with Crippen molar-refractivity contribution in [1.82, 2.24) is 4.98 Å². The highest BCUT2D eigenvalue weighted by Crippen LogP contribution is 2.44. The number of rotatable bonds is 2. The molecule has 1 atom stereocenters. The van der Waals surface area contributed by atoms with E-state index >= 15 is 0 Å². The second kappa shape index (κ2) is 3.98. The Kier molecular flexibility index (Phi) is 2.54. The monoisotopic (exact) mass is 241 g/mol. The molecule has 1 aromatic carbocycles. The number of aromatic nitrogens is 1. The maximum atomic E-state index is 5.82. The Morgan fingerprint density at radius 3 is 2.78 bits per heavy atom. The second-order valence-corrected chi connectivity index (χ2v) is 5.82. The van der Waals surface area contributed by atoms with Crippen molar-refractivity contribution >= 4 is 11.1 Å². The Morgan fingerprint density at radius 2 is 2.11 bits per heavy atom. The van der Waals surface area contributed by atoms with Crippen LogP contribution in [0.5, 0.6) is 0 Å². The molecule has 0 bridgehead atoms. The molecule has 0 aliphatic heterocycles. The fraction of sp³-hybridized carbons (Fsp3) is 0.438. The maximum absolute atomic E-state index is 5.82. The zero-order valence-corrected chi connectivity index (χ0v) is 11.2. The number of allylic oxidation sites excluding steroid dienone is 2. The van der Waals surface area contributed by atoms with Crippen LogP contribution in [0.1, 0.15) is 33.1 Å². The van der Waals surface area contributed by atoms with Gasteiger partial charge in [-0.1, -0.05) is 37.6 Å². The molecular weight excluding hydrogens is 222 g/mol. The predicted molar refractivity (Wildman–Crippen MR) is 73.4 cm³/mol. The molecule has 2 heteroatoms. The van der Waals surface area contributed by atoms with E-state index in [1.165, 1.54) is 5.57 Å². The summed E-state index contributed by atoms with van der Waals surface area (Å²) in [5, 5.41) is 0. The van der Waals surface area contributed by atoms with Gasteiger partial charge in [0.25, 0.3) is 0 Å². The van der Waals surface area contributed by atoms with Crippen molar-refractivity contribution in [1.29, 1.82) is 0 Å². The molecule has 0 saturated carbocycles. The van der Waals surface area contributed by atoms with Crippen LogP contribution in [0, 0.1) is 11.3 Å². The highest BCUT2D eigenvalue weighted by molar-refractivity contribution is 5.72. The Hall–Kier alpha value is -1.57. The van der Waals surface area contributed by atoms with Crippen LogP contribution >= 0.6 is 0 Å². The highest BCUT2D eigenvalue weighted by Gasteiger charge is 2.35. The molecule has 1 aromatic heterocycles. The van der Waals surface area contributed by atoms with Gasteiger partial charge in [0.2, 0.25) is 0 Å². The van der Waals surface area contributed by atoms with Gasteiger partial charge >= 0.3 is 0 Å². The van der Waals surface area contributed by atoms with E-state index in [9.17, 15) is 0 Å². The zero-order valence-electron chi connectivity index (χ0n) is 11.2. The van der Waals surface area contributed by atoms with E-state index in [0.717, 1.165) is 29.8 Å². The first-order valence-corrected chi connectivity index (χ1v) is 6.59. The number of fused-ring (bicyclic) bond motifs is 1. The molecule has 0 radical (unpaired) electrons. The van der Waals surface area contributed by atoms with Gasteiger partial charge in [-0.3, -0.25) is 0 Å². The first-order chi connectivity index (χ1) is 8.57. The average Bonchev–Trinajstić information content (AvgIpc) is 2.85. The topological polar surface area (TPSA) is 26.0 Å². The van der Waals surface area contributed by atoms with Crippen molar-refractivity contribution in [3.8, 4) is 0 Å². The van der Waals surface area contributed by atoms with Crippen LogP contribution in [0.4, 0.5) is 0 Å². The van der Waals surface area contributed by atoms with E-state index in [2.05, 4.69) is 31.8 Å². The van der Waals surface area contributed by atoms with Crippen molar-refractivity contribution in [3.63, 3.8) is 0 Å². The normalized spacial score (nSPS) is 22.4. The van der Waals surface area contributed by atoms with Crippen LogP contribution in [0.25, 0.3) is 11.1 Å². The predicted octanol–water partition coefficient (Wildman–Crippen LogP) is 4.36. The second-order valence-electron chi connectivity index (χ2n) is 5.82. The summed E-state index contributed by atoms with van der Waals surface area (Å²) in [5.41, 5.74) is 3.62. The lowest BCUT2D eigenvalue weighted by Gasteiger charge is -2.28. The first kappa shape index (κ1) is 11.5. The minimum Gasteiger partial charge on any atom is -0.441 e. The Labute approximate surface area is 108 Å². The lowest BCUT2D eigenvalue weighted by Crippen LogP contribution is -2.22. The number of hydrogen-bond donors (Lipinski definition) is 0. The number of oxazole rings is 1. The summed E-state index contributed by atoms with van der Waals surface area (Å²) < 4.78 is 5.82. The van der Waals surface area contributed by atoms with Crippen LogP contribution in [0.2, 0.25) is 0 Å². The summed E-state index contributed by atoms with van der Waals surface area (Å²) >= 11 is 0. The summed E-state index contributed by atoms with van der Waals surface area (Å²) in [6.07, 6.45) is 4.42. The lowest BCUT2D eigenvalue weighted by atomic mass is 9.76. The summed E-state index contributed by atoms with van der Waals surface area (Å²) in [6, 6.07) is 7.98. The van der Waals surface area contributed by atoms with E-state index in [0.29, 0.717) is 5.92 Å². The number of hydrogen-bond acceptors (Lipinski definition) is 2. The molecule has 0 saturated heterocycles. The van der Waals surface area contributed by atoms with E-state index in [4.69, 9.17) is 4.42 Å². The van der Waals surface area contributed by atoms with E-state index in [-0.39, 0.29) is 5.41 Å². The van der Waals surface area contributed by atoms with Gasteiger partial charge in [0.15, 0.2) is 11.5 Å². The first-order valence-electron chi connectivity index (χ1n) is 6.59. The third-order valence-electron chi connectivity index (χ3n) is 4.50. The van der Waals surface area contributed by atoms with Crippen LogP contribution in [-0.4, -0.2) is 4.98 Å². The number of nitrogens with zero attached hydrogens (tertiary/aromatic N) is 1. The molecule has 1 aliphatic rings. The van der Waals surface area contributed by atoms with Crippen molar-refractivity contribution in [3.05, 3.63) is 41.8 Å². The van der Waals surface area contributed by atoms with E-state index in [1.807, 2.05) is 24.3 Å². The fourth-order valence-electron chi connectivity index (χ4n) is 2.76. The standard InChI is InChI=1S/C16H19NO/c1-11-8-9-12(16(11,2)3)10-15-17-13-6-4-5-7-14(13)18-15/h4-8,12H,9-10H2,1-3H3/t12-/m1/s1. The Balaban J connectivity index is 1.85. The molecule has 0 fully saturated rings. The number of para-hydroxylation sites is 2. The molecule has 2 aromatic rings. The summed E-state index contributed by atoms with van der Waals surface area (Å²) in [7, 11) is 0. The van der Waals surface area contributed by atoms with Crippen molar-refractivity contribution in [2.24, 2.45) is 11.3 Å². The van der Waals surface area contributed by atoms with Crippen LogP contribution in [0.3, 0.4) is 0 Å². The molecule has 94 valence electrons. The minimum absolute atomic E-state index is 0.265. The third kappa shape index (κ3) is 1.76. The average molecular weight is 241 g/mol. The Bertz CT molecular complexity index is 573. The molecule has 1 aliphatic carbocycles. The zero-order chi connectivity index (χ0) is 12.8. The maximum Gasteiger partial charge on any atom is 0.195 e. The lowest BCUT2D eigenvalue weighted by molar-refractivity contribution is 0.273. The summed E-state index contributed by atoms with van der Waals surface area (Å²) in [5.74, 6) is 1.47. The van der Waals surface area contributed by atoms with Gasteiger partial charge in [0.1, 0.15) is 5.52 Å². The smallest absolute Gasteiger partial charge is 0.195 e. The van der Waals surface area contributed by atoms with Gasteiger partial charge in [-0.15, -0.1) is 0 Å². The quantitative estimate of drug-likeness (QED) is 0.730. The molecule has 0 unspecified atom stereocenters. The summed E-state index contributed by atoms with van der Waals surface area (Å²) in [6.45, 7) is 6.87. The molecule has 2 nitrogen and oxygen atoms in total. The van der Waals surface area contributed by atoms with Gasteiger partial charge in [-0.2, -0.15) is 0 Å². The van der Waals surface area contributed by atoms with Gasteiger partial charge < -0.3 is 4.42 Å². The van der Waals surface area contributed by atoms with E-state index < -0.39 is 0 Å².